The first-order valence-electron chi connectivity index (χ1n) is 7.57. The zero-order valence-corrected chi connectivity index (χ0v) is 12.5. The fourth-order valence-corrected chi connectivity index (χ4v) is 2.98. The minimum atomic E-state index is -0.0869. The van der Waals surface area contributed by atoms with E-state index in [2.05, 4.69) is 4.98 Å². The number of pyridine rings is 1. The predicted molar refractivity (Wildman–Crippen MR) is 86.3 cm³/mol. The summed E-state index contributed by atoms with van der Waals surface area (Å²) in [5, 5.41) is 0. The molecule has 2 aromatic heterocycles. The summed E-state index contributed by atoms with van der Waals surface area (Å²) in [6.45, 7) is 0.892. The van der Waals surface area contributed by atoms with Crippen LogP contribution in [0.3, 0.4) is 0 Å². The Morgan fingerprint density at radius 2 is 1.83 bits per heavy atom. The fourth-order valence-electron chi connectivity index (χ4n) is 2.98. The highest BCUT2D eigenvalue weighted by atomic mass is 16.2. The van der Waals surface area contributed by atoms with E-state index in [0.717, 1.165) is 5.69 Å². The Bertz CT molecular complexity index is 947. The lowest BCUT2D eigenvalue weighted by Crippen LogP contribution is -2.40. The molecule has 3 aromatic rings. The van der Waals surface area contributed by atoms with Gasteiger partial charge in [0, 0.05) is 24.7 Å². The maximum atomic E-state index is 12.7. The van der Waals surface area contributed by atoms with Crippen LogP contribution in [0.15, 0.2) is 59.5 Å². The second-order valence-corrected chi connectivity index (χ2v) is 5.61. The Labute approximate surface area is 132 Å². The number of nitrogens with zero attached hydrogens (tertiary/aromatic N) is 3. The molecule has 0 fully saturated rings. The van der Waals surface area contributed by atoms with Crippen molar-refractivity contribution < 1.29 is 4.79 Å². The molecular weight excluding hydrogens is 290 g/mol. The molecule has 0 spiro atoms. The molecule has 1 amide bonds. The second kappa shape index (κ2) is 5.35. The zero-order valence-electron chi connectivity index (χ0n) is 12.5. The molecule has 0 N–H and O–H groups in total. The Balaban J connectivity index is 1.73. The number of carbonyl (C=O) groups is 1. The lowest BCUT2D eigenvalue weighted by Gasteiger charge is -2.28. The molecule has 0 aliphatic carbocycles. The number of hydrogen-bond acceptors (Lipinski definition) is 3. The summed E-state index contributed by atoms with van der Waals surface area (Å²) < 4.78 is 1.54. The number of carbonyl (C=O) groups excluding carboxylic acids is 1. The van der Waals surface area contributed by atoms with Gasteiger partial charge in [-0.25, -0.2) is 4.98 Å². The largest absolute Gasteiger partial charge is 0.334 e. The van der Waals surface area contributed by atoms with Gasteiger partial charge in [-0.15, -0.1) is 0 Å². The quantitative estimate of drug-likeness (QED) is 0.690. The SMILES string of the molecule is O=C(c1ccccc1)N1CCc2nc3ccccn3c(=O)c2C1. The van der Waals surface area contributed by atoms with Crippen LogP contribution in [-0.4, -0.2) is 26.7 Å². The second-order valence-electron chi connectivity index (χ2n) is 5.61. The van der Waals surface area contributed by atoms with E-state index in [1.165, 1.54) is 4.40 Å². The summed E-state index contributed by atoms with van der Waals surface area (Å²) in [5.74, 6) is -0.0474. The van der Waals surface area contributed by atoms with Crippen molar-refractivity contribution in [1.82, 2.24) is 14.3 Å². The van der Waals surface area contributed by atoms with Crippen molar-refractivity contribution in [2.45, 2.75) is 13.0 Å². The molecule has 0 bridgehead atoms. The molecule has 1 aliphatic rings. The highest BCUT2D eigenvalue weighted by molar-refractivity contribution is 5.94. The molecular formula is C18H15N3O2. The van der Waals surface area contributed by atoms with Gasteiger partial charge in [0.25, 0.3) is 11.5 Å². The maximum Gasteiger partial charge on any atom is 0.263 e. The van der Waals surface area contributed by atoms with Crippen molar-refractivity contribution in [3.05, 3.63) is 81.9 Å². The van der Waals surface area contributed by atoms with E-state index < -0.39 is 0 Å². The van der Waals surface area contributed by atoms with Gasteiger partial charge in [-0.1, -0.05) is 24.3 Å². The predicted octanol–water partition coefficient (Wildman–Crippen LogP) is 1.89. The Morgan fingerprint density at radius 1 is 1.04 bits per heavy atom. The summed E-state index contributed by atoms with van der Waals surface area (Å²) in [6, 6.07) is 14.6. The van der Waals surface area contributed by atoms with Crippen LogP contribution in [0, 0.1) is 0 Å². The lowest BCUT2D eigenvalue weighted by atomic mass is 10.1. The van der Waals surface area contributed by atoms with Crippen LogP contribution in [0.4, 0.5) is 0 Å². The summed E-state index contributed by atoms with van der Waals surface area (Å²) in [7, 11) is 0. The number of rotatable bonds is 1. The van der Waals surface area contributed by atoms with Crippen LogP contribution in [0.25, 0.3) is 5.65 Å². The van der Waals surface area contributed by atoms with Crippen LogP contribution in [0.2, 0.25) is 0 Å². The standard InChI is InChI=1S/C18H15N3O2/c22-17(13-6-2-1-3-7-13)20-11-9-15-14(12-20)18(23)21-10-5-4-8-16(21)19-15/h1-8,10H,9,11-12H2. The molecule has 23 heavy (non-hydrogen) atoms. The van der Waals surface area contributed by atoms with Gasteiger partial charge in [0.05, 0.1) is 17.8 Å². The molecule has 0 unspecified atom stereocenters. The van der Waals surface area contributed by atoms with Crippen LogP contribution in [-0.2, 0) is 13.0 Å². The molecule has 0 saturated heterocycles. The number of amides is 1. The third-order valence-corrected chi connectivity index (χ3v) is 4.19. The van der Waals surface area contributed by atoms with Crippen molar-refractivity contribution in [2.75, 3.05) is 6.54 Å². The molecule has 0 atom stereocenters. The highest BCUT2D eigenvalue weighted by Gasteiger charge is 2.25. The van der Waals surface area contributed by atoms with E-state index in [-0.39, 0.29) is 11.5 Å². The van der Waals surface area contributed by atoms with Crippen molar-refractivity contribution >= 4 is 11.6 Å². The number of benzene rings is 1. The zero-order chi connectivity index (χ0) is 15.8. The third kappa shape index (κ3) is 2.30. The molecule has 5 heteroatoms. The van der Waals surface area contributed by atoms with E-state index in [4.69, 9.17) is 0 Å². The smallest absolute Gasteiger partial charge is 0.263 e. The molecule has 1 aliphatic heterocycles. The van der Waals surface area contributed by atoms with Crippen molar-refractivity contribution in [1.29, 1.82) is 0 Å². The molecule has 114 valence electrons. The lowest BCUT2D eigenvalue weighted by molar-refractivity contribution is 0.0732. The first kappa shape index (κ1) is 13.7. The van der Waals surface area contributed by atoms with Crippen molar-refractivity contribution in [3.8, 4) is 0 Å². The van der Waals surface area contributed by atoms with E-state index in [9.17, 15) is 9.59 Å². The van der Waals surface area contributed by atoms with E-state index in [1.807, 2.05) is 30.3 Å². The summed E-state index contributed by atoms with van der Waals surface area (Å²) in [5.41, 5.74) is 2.63. The topological polar surface area (TPSA) is 54.7 Å². The van der Waals surface area contributed by atoms with Gasteiger partial charge < -0.3 is 4.90 Å². The number of fused-ring (bicyclic) bond motifs is 2. The summed E-state index contributed by atoms with van der Waals surface area (Å²) in [4.78, 5) is 31.5. The third-order valence-electron chi connectivity index (χ3n) is 4.19. The Kier molecular flexibility index (Phi) is 3.19. The molecule has 5 nitrogen and oxygen atoms in total. The fraction of sp³-hybridized carbons (Fsp3) is 0.167. The Hall–Kier alpha value is -2.95. The van der Waals surface area contributed by atoms with Crippen LogP contribution < -0.4 is 5.56 Å². The van der Waals surface area contributed by atoms with Crippen LogP contribution >= 0.6 is 0 Å². The number of aromatic nitrogens is 2. The summed E-state index contributed by atoms with van der Waals surface area (Å²) >= 11 is 0. The van der Waals surface area contributed by atoms with Gasteiger partial charge in [0.2, 0.25) is 0 Å². The molecule has 0 radical (unpaired) electrons. The molecule has 0 saturated carbocycles. The molecule has 3 heterocycles. The summed E-state index contributed by atoms with van der Waals surface area (Å²) in [6.07, 6.45) is 2.32. The van der Waals surface area contributed by atoms with E-state index >= 15 is 0 Å². The average Bonchev–Trinajstić information content (AvgIpc) is 2.62. The monoisotopic (exact) mass is 305 g/mol. The maximum absolute atomic E-state index is 12.7. The molecule has 4 rings (SSSR count). The minimum absolute atomic E-state index is 0.0474. The van der Waals surface area contributed by atoms with E-state index in [0.29, 0.717) is 36.3 Å². The van der Waals surface area contributed by atoms with Gasteiger partial charge in [-0.2, -0.15) is 0 Å². The highest BCUT2D eigenvalue weighted by Crippen LogP contribution is 2.17. The minimum Gasteiger partial charge on any atom is -0.334 e. The van der Waals surface area contributed by atoms with Crippen LogP contribution in [0.5, 0.6) is 0 Å². The van der Waals surface area contributed by atoms with Crippen molar-refractivity contribution in [3.63, 3.8) is 0 Å². The molecule has 1 aromatic carbocycles. The van der Waals surface area contributed by atoms with Gasteiger partial charge in [0.1, 0.15) is 5.65 Å². The first-order valence-corrected chi connectivity index (χ1v) is 7.57. The van der Waals surface area contributed by atoms with Gasteiger partial charge in [0.15, 0.2) is 0 Å². The van der Waals surface area contributed by atoms with Crippen LogP contribution in [0.1, 0.15) is 21.6 Å². The van der Waals surface area contributed by atoms with Gasteiger partial charge >= 0.3 is 0 Å². The normalized spacial score (nSPS) is 13.8. The van der Waals surface area contributed by atoms with Crippen molar-refractivity contribution in [2.24, 2.45) is 0 Å². The number of hydrogen-bond donors (Lipinski definition) is 0. The first-order chi connectivity index (χ1) is 11.2. The van der Waals surface area contributed by atoms with Gasteiger partial charge in [-0.3, -0.25) is 14.0 Å². The Morgan fingerprint density at radius 3 is 2.65 bits per heavy atom. The van der Waals surface area contributed by atoms with Gasteiger partial charge in [-0.05, 0) is 24.3 Å². The van der Waals surface area contributed by atoms with E-state index in [1.54, 1.807) is 29.3 Å². The average molecular weight is 305 g/mol.